The van der Waals surface area contributed by atoms with Crippen molar-refractivity contribution in [3.8, 4) is 0 Å². The van der Waals surface area contributed by atoms with Crippen molar-refractivity contribution >= 4 is 12.1 Å². The highest BCUT2D eigenvalue weighted by molar-refractivity contribution is 5.74. The Balaban J connectivity index is 1.57. The smallest absolute Gasteiger partial charge is 0.409 e. The summed E-state index contributed by atoms with van der Waals surface area (Å²) in [5.41, 5.74) is 1.13. The van der Waals surface area contributed by atoms with Crippen molar-refractivity contribution in [3.05, 3.63) is 18.0 Å². The summed E-state index contributed by atoms with van der Waals surface area (Å²) >= 11 is 0. The molecular formula is C16H27N5O3. The SMILES string of the molecule is CCOC(=O)N1CCC(NC(=O)NCCCn2cc(C)cn2)CC1. The normalized spacial score (nSPS) is 15.2. The van der Waals surface area contributed by atoms with Crippen molar-refractivity contribution in [1.29, 1.82) is 0 Å². The van der Waals surface area contributed by atoms with Gasteiger partial charge in [0.25, 0.3) is 0 Å². The molecule has 8 nitrogen and oxygen atoms in total. The number of nitrogens with one attached hydrogen (secondary N) is 2. The number of nitrogens with zero attached hydrogens (tertiary/aromatic N) is 3. The lowest BCUT2D eigenvalue weighted by molar-refractivity contribution is 0.0957. The standard InChI is InChI=1S/C16H27N5O3/c1-3-24-16(23)20-9-5-14(6-10-20)19-15(22)17-7-4-8-21-12-13(2)11-18-21/h11-12,14H,3-10H2,1-2H3,(H2,17,19,22). The molecular weight excluding hydrogens is 310 g/mol. The Kier molecular flexibility index (Phi) is 6.89. The first-order valence-corrected chi connectivity index (χ1v) is 8.53. The fourth-order valence-corrected chi connectivity index (χ4v) is 2.69. The molecule has 0 bridgehead atoms. The molecule has 1 aliphatic heterocycles. The van der Waals surface area contributed by atoms with Gasteiger partial charge in [0, 0.05) is 38.4 Å². The number of carbonyl (C=O) groups excluding carboxylic acids is 2. The predicted molar refractivity (Wildman–Crippen MR) is 89.7 cm³/mol. The van der Waals surface area contributed by atoms with Crippen LogP contribution in [-0.4, -0.2) is 59.1 Å². The van der Waals surface area contributed by atoms with Crippen LogP contribution in [0.25, 0.3) is 0 Å². The lowest BCUT2D eigenvalue weighted by Crippen LogP contribution is -2.49. The van der Waals surface area contributed by atoms with Gasteiger partial charge in [-0.25, -0.2) is 9.59 Å². The van der Waals surface area contributed by atoms with Gasteiger partial charge in [0.05, 0.1) is 12.8 Å². The molecule has 0 saturated carbocycles. The van der Waals surface area contributed by atoms with Crippen LogP contribution >= 0.6 is 0 Å². The number of hydrogen-bond acceptors (Lipinski definition) is 4. The molecule has 1 saturated heterocycles. The number of aromatic nitrogens is 2. The Labute approximate surface area is 142 Å². The molecule has 1 aromatic rings. The van der Waals surface area contributed by atoms with Gasteiger partial charge in [-0.3, -0.25) is 4.68 Å². The first-order chi connectivity index (χ1) is 11.6. The molecule has 134 valence electrons. The molecule has 0 radical (unpaired) electrons. The molecule has 24 heavy (non-hydrogen) atoms. The lowest BCUT2D eigenvalue weighted by Gasteiger charge is -2.31. The highest BCUT2D eigenvalue weighted by Crippen LogP contribution is 2.11. The fraction of sp³-hybridized carbons (Fsp3) is 0.688. The van der Waals surface area contributed by atoms with Crippen molar-refractivity contribution in [2.24, 2.45) is 0 Å². The first kappa shape index (κ1) is 18.1. The van der Waals surface area contributed by atoms with E-state index in [4.69, 9.17) is 4.74 Å². The highest BCUT2D eigenvalue weighted by Gasteiger charge is 2.24. The number of aryl methyl sites for hydroxylation is 2. The Morgan fingerprint density at radius 2 is 2.12 bits per heavy atom. The van der Waals surface area contributed by atoms with Gasteiger partial charge in [0.1, 0.15) is 0 Å². The van der Waals surface area contributed by atoms with E-state index in [1.165, 1.54) is 0 Å². The summed E-state index contributed by atoms with van der Waals surface area (Å²) in [4.78, 5) is 25.2. The summed E-state index contributed by atoms with van der Waals surface area (Å²) < 4.78 is 6.86. The Morgan fingerprint density at radius 3 is 2.75 bits per heavy atom. The molecule has 0 unspecified atom stereocenters. The Bertz CT molecular complexity index is 538. The van der Waals surface area contributed by atoms with Crippen LogP contribution in [0.1, 0.15) is 31.7 Å². The van der Waals surface area contributed by atoms with Crippen LogP contribution < -0.4 is 10.6 Å². The monoisotopic (exact) mass is 337 g/mol. The number of ether oxygens (including phenoxy) is 1. The molecule has 0 atom stereocenters. The van der Waals surface area contributed by atoms with Gasteiger partial charge in [-0.05, 0) is 38.7 Å². The fourth-order valence-electron chi connectivity index (χ4n) is 2.69. The zero-order valence-electron chi connectivity index (χ0n) is 14.5. The predicted octanol–water partition coefficient (Wildman–Crippen LogP) is 1.50. The van der Waals surface area contributed by atoms with Gasteiger partial charge in [-0.15, -0.1) is 0 Å². The van der Waals surface area contributed by atoms with E-state index < -0.39 is 0 Å². The van der Waals surface area contributed by atoms with E-state index in [-0.39, 0.29) is 18.2 Å². The van der Waals surface area contributed by atoms with Gasteiger partial charge in [0.2, 0.25) is 0 Å². The molecule has 8 heteroatoms. The topological polar surface area (TPSA) is 88.5 Å². The summed E-state index contributed by atoms with van der Waals surface area (Å²) in [6.45, 7) is 6.80. The number of carbonyl (C=O) groups is 2. The van der Waals surface area contributed by atoms with Gasteiger partial charge in [-0.1, -0.05) is 0 Å². The van der Waals surface area contributed by atoms with Crippen LogP contribution in [0.3, 0.4) is 0 Å². The van der Waals surface area contributed by atoms with Crippen molar-refractivity contribution < 1.29 is 14.3 Å². The van der Waals surface area contributed by atoms with Gasteiger partial charge in [0.15, 0.2) is 0 Å². The van der Waals surface area contributed by atoms with Crippen LogP contribution in [0.2, 0.25) is 0 Å². The van der Waals surface area contributed by atoms with Crippen molar-refractivity contribution in [2.75, 3.05) is 26.2 Å². The molecule has 2 heterocycles. The van der Waals surface area contributed by atoms with Gasteiger partial charge >= 0.3 is 12.1 Å². The second kappa shape index (κ2) is 9.14. The summed E-state index contributed by atoms with van der Waals surface area (Å²) in [5, 5.41) is 10.0. The van der Waals surface area contributed by atoms with E-state index in [1.54, 1.807) is 11.8 Å². The number of hydrogen-bond donors (Lipinski definition) is 2. The van der Waals surface area contributed by atoms with E-state index >= 15 is 0 Å². The summed E-state index contributed by atoms with van der Waals surface area (Å²) in [5.74, 6) is 0. The third-order valence-electron chi connectivity index (χ3n) is 3.97. The number of likely N-dealkylation sites (tertiary alicyclic amines) is 1. The van der Waals surface area contributed by atoms with E-state index in [9.17, 15) is 9.59 Å². The highest BCUT2D eigenvalue weighted by atomic mass is 16.6. The lowest BCUT2D eigenvalue weighted by atomic mass is 10.1. The van der Waals surface area contributed by atoms with Crippen LogP contribution in [0.4, 0.5) is 9.59 Å². The third-order valence-corrected chi connectivity index (χ3v) is 3.97. The largest absolute Gasteiger partial charge is 0.450 e. The average molecular weight is 337 g/mol. The Morgan fingerprint density at radius 1 is 1.38 bits per heavy atom. The number of rotatable bonds is 6. The van der Waals surface area contributed by atoms with E-state index in [0.29, 0.717) is 26.2 Å². The quantitative estimate of drug-likeness (QED) is 0.770. The first-order valence-electron chi connectivity index (χ1n) is 8.53. The minimum atomic E-state index is -0.269. The average Bonchev–Trinajstić information content (AvgIpc) is 2.98. The molecule has 1 aromatic heterocycles. The summed E-state index contributed by atoms with van der Waals surface area (Å²) in [7, 11) is 0. The molecule has 1 fully saturated rings. The maximum absolute atomic E-state index is 11.9. The minimum Gasteiger partial charge on any atom is -0.450 e. The molecule has 2 N–H and O–H groups in total. The zero-order chi connectivity index (χ0) is 17.4. The molecule has 1 aliphatic rings. The van der Waals surface area contributed by atoms with Crippen molar-refractivity contribution in [1.82, 2.24) is 25.3 Å². The van der Waals surface area contributed by atoms with Crippen LogP contribution in [-0.2, 0) is 11.3 Å². The van der Waals surface area contributed by atoms with Crippen LogP contribution in [0.5, 0.6) is 0 Å². The van der Waals surface area contributed by atoms with Gasteiger partial charge < -0.3 is 20.3 Å². The number of piperidine rings is 1. The summed E-state index contributed by atoms with van der Waals surface area (Å²) in [6, 6.07) is -0.0503. The molecule has 3 amide bonds. The van der Waals surface area contributed by atoms with Crippen LogP contribution in [0.15, 0.2) is 12.4 Å². The van der Waals surface area contributed by atoms with E-state index in [0.717, 1.165) is 31.4 Å². The summed E-state index contributed by atoms with van der Waals surface area (Å²) in [6.07, 6.45) is 5.86. The van der Waals surface area contributed by atoms with Crippen molar-refractivity contribution in [2.45, 2.75) is 45.7 Å². The van der Waals surface area contributed by atoms with E-state index in [1.807, 2.05) is 24.0 Å². The van der Waals surface area contributed by atoms with Crippen molar-refractivity contribution in [3.63, 3.8) is 0 Å². The number of amides is 3. The maximum Gasteiger partial charge on any atom is 0.409 e. The molecule has 2 rings (SSSR count). The zero-order valence-corrected chi connectivity index (χ0v) is 14.5. The minimum absolute atomic E-state index is 0.101. The third kappa shape index (κ3) is 5.75. The second-order valence-electron chi connectivity index (χ2n) is 5.99. The number of urea groups is 1. The Hall–Kier alpha value is -2.25. The van der Waals surface area contributed by atoms with Gasteiger partial charge in [-0.2, -0.15) is 5.10 Å². The molecule has 0 spiro atoms. The van der Waals surface area contributed by atoms with Crippen LogP contribution in [0, 0.1) is 6.92 Å². The maximum atomic E-state index is 11.9. The van der Waals surface area contributed by atoms with E-state index in [2.05, 4.69) is 15.7 Å². The molecule has 0 aliphatic carbocycles. The second-order valence-corrected chi connectivity index (χ2v) is 5.99. The molecule has 0 aromatic carbocycles.